The van der Waals surface area contributed by atoms with E-state index in [0.29, 0.717) is 6.04 Å². The smallest absolute Gasteiger partial charge is 0.0718 e. The Hall–Kier alpha value is -1.47. The van der Waals surface area contributed by atoms with Crippen molar-refractivity contribution in [2.24, 2.45) is 0 Å². The van der Waals surface area contributed by atoms with Crippen molar-refractivity contribution in [2.75, 3.05) is 11.4 Å². The van der Waals surface area contributed by atoms with Crippen molar-refractivity contribution < 1.29 is 0 Å². The van der Waals surface area contributed by atoms with Crippen molar-refractivity contribution in [1.82, 2.24) is 0 Å². The fraction of sp³-hybridized carbons (Fsp3) is 0.200. The molecule has 1 aliphatic rings. The Balaban J connectivity index is 1.78. The van der Waals surface area contributed by atoms with Gasteiger partial charge in [0, 0.05) is 17.3 Å². The summed E-state index contributed by atoms with van der Waals surface area (Å²) in [7, 11) is 0. The van der Waals surface area contributed by atoms with Gasteiger partial charge in [0.15, 0.2) is 0 Å². The van der Waals surface area contributed by atoms with Crippen LogP contribution >= 0.6 is 11.6 Å². The third-order valence-electron chi connectivity index (χ3n) is 3.23. The predicted octanol–water partition coefficient (Wildman–Crippen LogP) is 4.21. The number of hydrogen-bond acceptors (Lipinski definition) is 1. The standard InChI is InChI=1S/C15H14ClN/c1-11-2-8-14(9-3-11)17-10-15(17)12-4-6-13(16)7-5-12/h2-9,15H,10H2,1H3/t15-,17?/m1/s1. The number of anilines is 1. The highest BCUT2D eigenvalue weighted by molar-refractivity contribution is 6.30. The number of nitrogens with zero attached hydrogens (tertiary/aromatic N) is 1. The molecule has 2 heteroatoms. The number of benzene rings is 2. The molecule has 0 spiro atoms. The molecular weight excluding hydrogens is 230 g/mol. The number of halogens is 1. The van der Waals surface area contributed by atoms with Gasteiger partial charge in [0.2, 0.25) is 0 Å². The first-order chi connectivity index (χ1) is 8.24. The molecule has 0 aromatic heterocycles. The average molecular weight is 244 g/mol. The Kier molecular flexibility index (Phi) is 2.56. The molecule has 0 N–H and O–H groups in total. The van der Waals surface area contributed by atoms with Crippen molar-refractivity contribution in [1.29, 1.82) is 0 Å². The summed E-state index contributed by atoms with van der Waals surface area (Å²) < 4.78 is 0. The van der Waals surface area contributed by atoms with Crippen LogP contribution < -0.4 is 4.90 Å². The minimum Gasteiger partial charge on any atom is -0.360 e. The maximum Gasteiger partial charge on any atom is 0.0718 e. The molecule has 0 radical (unpaired) electrons. The van der Waals surface area contributed by atoms with E-state index >= 15 is 0 Å². The monoisotopic (exact) mass is 243 g/mol. The molecular formula is C15H14ClN. The van der Waals surface area contributed by atoms with Gasteiger partial charge in [-0.25, -0.2) is 0 Å². The zero-order chi connectivity index (χ0) is 11.8. The molecule has 2 aromatic rings. The van der Waals surface area contributed by atoms with E-state index in [9.17, 15) is 0 Å². The Bertz CT molecular complexity index is 466. The third kappa shape index (κ3) is 2.16. The van der Waals surface area contributed by atoms with E-state index in [2.05, 4.69) is 48.2 Å². The van der Waals surface area contributed by atoms with Crippen molar-refractivity contribution in [3.05, 3.63) is 64.7 Å². The summed E-state index contributed by atoms with van der Waals surface area (Å²) in [5.74, 6) is 0. The van der Waals surface area contributed by atoms with Crippen LogP contribution in [0.4, 0.5) is 5.69 Å². The maximum atomic E-state index is 5.89. The van der Waals surface area contributed by atoms with Gasteiger partial charge in [-0.3, -0.25) is 0 Å². The van der Waals surface area contributed by atoms with E-state index < -0.39 is 0 Å². The third-order valence-corrected chi connectivity index (χ3v) is 3.48. The summed E-state index contributed by atoms with van der Waals surface area (Å²) in [6.45, 7) is 3.22. The summed E-state index contributed by atoms with van der Waals surface area (Å²) in [5, 5.41) is 0.802. The highest BCUT2D eigenvalue weighted by atomic mass is 35.5. The molecule has 3 rings (SSSR count). The average Bonchev–Trinajstić information content (AvgIpc) is 3.11. The number of rotatable bonds is 2. The zero-order valence-electron chi connectivity index (χ0n) is 9.73. The fourth-order valence-electron chi connectivity index (χ4n) is 2.13. The lowest BCUT2D eigenvalue weighted by Crippen LogP contribution is -1.94. The summed E-state index contributed by atoms with van der Waals surface area (Å²) >= 11 is 5.89. The molecule has 1 heterocycles. The van der Waals surface area contributed by atoms with Gasteiger partial charge in [0.25, 0.3) is 0 Å². The zero-order valence-corrected chi connectivity index (χ0v) is 10.5. The molecule has 1 nitrogen and oxygen atoms in total. The molecule has 1 saturated heterocycles. The first kappa shape index (κ1) is 10.7. The van der Waals surface area contributed by atoms with Crippen molar-refractivity contribution in [3.63, 3.8) is 0 Å². The van der Waals surface area contributed by atoms with E-state index in [4.69, 9.17) is 11.6 Å². The molecule has 0 saturated carbocycles. The van der Waals surface area contributed by atoms with Crippen LogP contribution in [0.2, 0.25) is 5.02 Å². The Morgan fingerprint density at radius 3 is 2.29 bits per heavy atom. The lowest BCUT2D eigenvalue weighted by Gasteiger charge is -2.06. The second-order valence-electron chi connectivity index (χ2n) is 4.56. The minimum atomic E-state index is 0.523. The summed E-state index contributed by atoms with van der Waals surface area (Å²) in [5.41, 5.74) is 3.95. The molecule has 1 atom stereocenters. The SMILES string of the molecule is Cc1ccc(N2C[C@@H]2c2ccc(Cl)cc2)cc1. The molecule has 0 bridgehead atoms. The predicted molar refractivity (Wildman–Crippen MR) is 72.7 cm³/mol. The fourth-order valence-corrected chi connectivity index (χ4v) is 2.26. The van der Waals surface area contributed by atoms with Crippen LogP contribution in [-0.2, 0) is 0 Å². The first-order valence-electron chi connectivity index (χ1n) is 5.83. The molecule has 17 heavy (non-hydrogen) atoms. The molecule has 1 fully saturated rings. The van der Waals surface area contributed by atoms with Crippen LogP contribution in [0.25, 0.3) is 0 Å². The first-order valence-corrected chi connectivity index (χ1v) is 6.20. The topological polar surface area (TPSA) is 3.01 Å². The minimum absolute atomic E-state index is 0.523. The van der Waals surface area contributed by atoms with E-state index in [1.807, 2.05) is 12.1 Å². The lowest BCUT2D eigenvalue weighted by atomic mass is 10.1. The van der Waals surface area contributed by atoms with E-state index in [0.717, 1.165) is 11.6 Å². The van der Waals surface area contributed by atoms with Crippen LogP contribution in [0, 0.1) is 6.92 Å². The van der Waals surface area contributed by atoms with Crippen LogP contribution in [0.1, 0.15) is 17.2 Å². The van der Waals surface area contributed by atoms with E-state index in [1.165, 1.54) is 16.8 Å². The molecule has 0 unspecified atom stereocenters. The van der Waals surface area contributed by atoms with Gasteiger partial charge in [-0.05, 0) is 36.8 Å². The molecule has 86 valence electrons. The Morgan fingerprint density at radius 2 is 1.65 bits per heavy atom. The second-order valence-corrected chi connectivity index (χ2v) is 4.99. The largest absolute Gasteiger partial charge is 0.360 e. The van der Waals surface area contributed by atoms with Gasteiger partial charge < -0.3 is 4.90 Å². The maximum absolute atomic E-state index is 5.89. The van der Waals surface area contributed by atoms with Crippen molar-refractivity contribution >= 4 is 17.3 Å². The van der Waals surface area contributed by atoms with Gasteiger partial charge in [0.05, 0.1) is 6.04 Å². The van der Waals surface area contributed by atoms with Crippen LogP contribution in [0.3, 0.4) is 0 Å². The molecule has 0 amide bonds. The highest BCUT2D eigenvalue weighted by Gasteiger charge is 2.35. The second kappa shape index (κ2) is 4.08. The summed E-state index contributed by atoms with van der Waals surface area (Å²) in [6, 6.07) is 17.4. The van der Waals surface area contributed by atoms with Crippen molar-refractivity contribution in [2.45, 2.75) is 13.0 Å². The Morgan fingerprint density at radius 1 is 1.00 bits per heavy atom. The summed E-state index contributed by atoms with van der Waals surface area (Å²) in [4.78, 5) is 2.39. The van der Waals surface area contributed by atoms with Crippen molar-refractivity contribution in [3.8, 4) is 0 Å². The van der Waals surface area contributed by atoms with Gasteiger partial charge in [-0.1, -0.05) is 41.4 Å². The number of hydrogen-bond donors (Lipinski definition) is 0. The van der Waals surface area contributed by atoms with E-state index in [1.54, 1.807) is 0 Å². The Labute approximate surface area is 107 Å². The van der Waals surface area contributed by atoms with Crippen LogP contribution in [0.15, 0.2) is 48.5 Å². The van der Waals surface area contributed by atoms with Crippen LogP contribution in [0.5, 0.6) is 0 Å². The van der Waals surface area contributed by atoms with E-state index in [-0.39, 0.29) is 0 Å². The van der Waals surface area contributed by atoms with Gasteiger partial charge in [0.1, 0.15) is 0 Å². The summed E-state index contributed by atoms with van der Waals surface area (Å²) in [6.07, 6.45) is 0. The molecule has 2 aromatic carbocycles. The van der Waals surface area contributed by atoms with Crippen LogP contribution in [-0.4, -0.2) is 6.54 Å². The number of aryl methyl sites for hydroxylation is 1. The molecule has 1 aliphatic heterocycles. The van der Waals surface area contributed by atoms with Gasteiger partial charge in [-0.15, -0.1) is 0 Å². The van der Waals surface area contributed by atoms with Gasteiger partial charge in [-0.2, -0.15) is 0 Å². The normalized spacial score (nSPS) is 18.2. The highest BCUT2D eigenvalue weighted by Crippen LogP contribution is 2.39. The quantitative estimate of drug-likeness (QED) is 0.714. The molecule has 0 aliphatic carbocycles. The van der Waals surface area contributed by atoms with Gasteiger partial charge >= 0.3 is 0 Å². The lowest BCUT2D eigenvalue weighted by molar-refractivity contribution is 1.12.